The van der Waals surface area contributed by atoms with Gasteiger partial charge in [0.1, 0.15) is 5.75 Å². The molecule has 4 nitrogen and oxygen atoms in total. The van der Waals surface area contributed by atoms with Gasteiger partial charge in [0, 0.05) is 14.7 Å². The molecule has 0 fully saturated rings. The second-order valence-corrected chi connectivity index (χ2v) is 5.42. The third-order valence-electron chi connectivity index (χ3n) is 2.69. The van der Waals surface area contributed by atoms with E-state index < -0.39 is 0 Å². The molecule has 0 saturated heterocycles. The third kappa shape index (κ3) is 4.56. The van der Waals surface area contributed by atoms with Gasteiger partial charge < -0.3 is 4.74 Å². The summed E-state index contributed by atoms with van der Waals surface area (Å²) in [6.45, 7) is 2.51. The van der Waals surface area contributed by atoms with Gasteiger partial charge in [-0.3, -0.25) is 4.79 Å². The predicted octanol–water partition coefficient (Wildman–Crippen LogP) is 3.45. The molecule has 0 aliphatic carbocycles. The Morgan fingerprint density at radius 3 is 2.67 bits per heavy atom. The Labute approximate surface area is 137 Å². The third-order valence-corrected chi connectivity index (χ3v) is 3.41. The Balaban J connectivity index is 2.02. The minimum atomic E-state index is -0.239. The Hall–Kier alpha value is -1.89. The van der Waals surface area contributed by atoms with Crippen molar-refractivity contribution in [3.8, 4) is 5.75 Å². The van der Waals surface area contributed by atoms with E-state index in [1.165, 1.54) is 0 Å². The van der Waals surface area contributed by atoms with Crippen LogP contribution < -0.4 is 10.2 Å². The fourth-order valence-electron chi connectivity index (χ4n) is 1.70. The van der Waals surface area contributed by atoms with E-state index in [0.717, 1.165) is 14.9 Å². The summed E-state index contributed by atoms with van der Waals surface area (Å²) in [6.07, 6.45) is 1.58. The van der Waals surface area contributed by atoms with Gasteiger partial charge in [0.2, 0.25) is 0 Å². The largest absolute Gasteiger partial charge is 0.493 e. The summed E-state index contributed by atoms with van der Waals surface area (Å²) in [4.78, 5) is 11.9. The monoisotopic (exact) mass is 394 g/mol. The number of hydrogen-bond acceptors (Lipinski definition) is 3. The van der Waals surface area contributed by atoms with Crippen LogP contribution in [-0.2, 0) is 0 Å². The van der Waals surface area contributed by atoms with Crippen LogP contribution in [0.25, 0.3) is 0 Å². The normalized spacial score (nSPS) is 10.6. The summed E-state index contributed by atoms with van der Waals surface area (Å²) >= 11 is 2.19. The Morgan fingerprint density at radius 2 is 1.95 bits per heavy atom. The van der Waals surface area contributed by atoms with Crippen molar-refractivity contribution in [3.63, 3.8) is 0 Å². The number of amides is 1. The molecule has 0 spiro atoms. The van der Waals surface area contributed by atoms with E-state index in [-0.39, 0.29) is 5.91 Å². The van der Waals surface area contributed by atoms with Crippen LogP contribution in [-0.4, -0.2) is 18.7 Å². The van der Waals surface area contributed by atoms with Crippen LogP contribution in [0.15, 0.2) is 53.6 Å². The first-order valence-corrected chi connectivity index (χ1v) is 7.59. The first-order chi connectivity index (χ1) is 10.2. The molecular formula is C16H15IN2O2. The number of carbonyl (C=O) groups excluding carboxylic acids is 1. The molecule has 0 saturated carbocycles. The number of benzene rings is 2. The van der Waals surface area contributed by atoms with Crippen molar-refractivity contribution in [1.82, 2.24) is 5.43 Å². The Bertz CT molecular complexity index is 639. The van der Waals surface area contributed by atoms with Gasteiger partial charge in [-0.05, 0) is 65.9 Å². The molecule has 0 radical (unpaired) electrons. The molecule has 1 amide bonds. The van der Waals surface area contributed by atoms with E-state index in [4.69, 9.17) is 4.74 Å². The highest BCUT2D eigenvalue weighted by atomic mass is 127. The average Bonchev–Trinajstić information content (AvgIpc) is 2.50. The summed E-state index contributed by atoms with van der Waals surface area (Å²) < 4.78 is 6.57. The number of nitrogens with one attached hydrogen (secondary N) is 1. The van der Waals surface area contributed by atoms with Gasteiger partial charge in [-0.2, -0.15) is 5.10 Å². The number of para-hydroxylation sites is 1. The molecule has 0 unspecified atom stereocenters. The van der Waals surface area contributed by atoms with Crippen molar-refractivity contribution in [3.05, 3.63) is 63.2 Å². The lowest BCUT2D eigenvalue weighted by atomic mass is 10.2. The predicted molar refractivity (Wildman–Crippen MR) is 91.8 cm³/mol. The van der Waals surface area contributed by atoms with Gasteiger partial charge >= 0.3 is 0 Å². The molecule has 0 bridgehead atoms. The quantitative estimate of drug-likeness (QED) is 0.480. The van der Waals surface area contributed by atoms with Gasteiger partial charge in [-0.25, -0.2) is 5.43 Å². The van der Waals surface area contributed by atoms with Gasteiger partial charge in [-0.1, -0.05) is 12.1 Å². The SMILES string of the molecule is CCOc1ccccc1/C=N\NC(=O)c1ccc(I)cc1. The summed E-state index contributed by atoms with van der Waals surface area (Å²) in [7, 11) is 0. The molecule has 0 aliphatic rings. The van der Waals surface area contributed by atoms with E-state index in [9.17, 15) is 4.79 Å². The Kier molecular flexibility index (Phi) is 5.74. The zero-order valence-electron chi connectivity index (χ0n) is 11.5. The van der Waals surface area contributed by atoms with Crippen molar-refractivity contribution in [2.75, 3.05) is 6.61 Å². The van der Waals surface area contributed by atoms with E-state index in [1.54, 1.807) is 18.3 Å². The van der Waals surface area contributed by atoms with Gasteiger partial charge in [0.05, 0.1) is 12.8 Å². The topological polar surface area (TPSA) is 50.7 Å². The lowest BCUT2D eigenvalue weighted by Crippen LogP contribution is -2.17. The number of hydrazone groups is 1. The highest BCUT2D eigenvalue weighted by Crippen LogP contribution is 2.15. The summed E-state index contributed by atoms with van der Waals surface area (Å²) in [5.41, 5.74) is 3.90. The number of nitrogens with zero attached hydrogens (tertiary/aromatic N) is 1. The van der Waals surface area contributed by atoms with Crippen molar-refractivity contribution < 1.29 is 9.53 Å². The van der Waals surface area contributed by atoms with Gasteiger partial charge in [-0.15, -0.1) is 0 Å². The van der Waals surface area contributed by atoms with Crippen LogP contribution in [0, 0.1) is 3.57 Å². The molecule has 5 heteroatoms. The maximum absolute atomic E-state index is 11.9. The molecule has 1 N–H and O–H groups in total. The fraction of sp³-hybridized carbons (Fsp3) is 0.125. The summed E-state index contributed by atoms with van der Waals surface area (Å²) in [6, 6.07) is 14.8. The first-order valence-electron chi connectivity index (χ1n) is 6.51. The average molecular weight is 394 g/mol. The standard InChI is InChI=1S/C16H15IN2O2/c1-2-21-15-6-4-3-5-13(15)11-18-19-16(20)12-7-9-14(17)10-8-12/h3-11H,2H2,1H3,(H,19,20)/b18-11-. The molecule has 21 heavy (non-hydrogen) atoms. The molecule has 0 heterocycles. The maximum atomic E-state index is 11.9. The Morgan fingerprint density at radius 1 is 1.24 bits per heavy atom. The minimum absolute atomic E-state index is 0.239. The van der Waals surface area contributed by atoms with E-state index in [0.29, 0.717) is 12.2 Å². The van der Waals surface area contributed by atoms with E-state index in [2.05, 4.69) is 33.1 Å². The zero-order chi connectivity index (χ0) is 15.1. The summed E-state index contributed by atoms with van der Waals surface area (Å²) in [5, 5.41) is 3.98. The lowest BCUT2D eigenvalue weighted by Gasteiger charge is -2.05. The molecule has 0 aromatic heterocycles. The number of halogens is 1. The van der Waals surface area contributed by atoms with Crippen LogP contribution in [0.5, 0.6) is 5.75 Å². The van der Waals surface area contributed by atoms with Crippen LogP contribution >= 0.6 is 22.6 Å². The fourth-order valence-corrected chi connectivity index (χ4v) is 2.06. The van der Waals surface area contributed by atoms with Gasteiger partial charge in [0.15, 0.2) is 0 Å². The minimum Gasteiger partial charge on any atom is -0.493 e. The van der Waals surface area contributed by atoms with Crippen LogP contribution in [0.2, 0.25) is 0 Å². The van der Waals surface area contributed by atoms with Gasteiger partial charge in [0.25, 0.3) is 5.91 Å². The molecule has 2 aromatic carbocycles. The molecule has 2 rings (SSSR count). The van der Waals surface area contributed by atoms with Crippen LogP contribution in [0.4, 0.5) is 0 Å². The van der Waals surface area contributed by atoms with Crippen molar-refractivity contribution in [2.45, 2.75) is 6.92 Å². The van der Waals surface area contributed by atoms with Crippen molar-refractivity contribution in [1.29, 1.82) is 0 Å². The second kappa shape index (κ2) is 7.78. The first kappa shape index (κ1) is 15.5. The smallest absolute Gasteiger partial charge is 0.271 e. The van der Waals surface area contributed by atoms with E-state index >= 15 is 0 Å². The van der Waals surface area contributed by atoms with Crippen LogP contribution in [0.3, 0.4) is 0 Å². The van der Waals surface area contributed by atoms with E-state index in [1.807, 2.05) is 43.3 Å². The highest BCUT2D eigenvalue weighted by Gasteiger charge is 2.03. The molecule has 108 valence electrons. The van der Waals surface area contributed by atoms with Crippen molar-refractivity contribution in [2.24, 2.45) is 5.10 Å². The number of carbonyl (C=O) groups is 1. The molecule has 0 aliphatic heterocycles. The molecule has 0 atom stereocenters. The molecule has 2 aromatic rings. The zero-order valence-corrected chi connectivity index (χ0v) is 13.7. The summed E-state index contributed by atoms with van der Waals surface area (Å²) in [5.74, 6) is 0.504. The number of rotatable bonds is 5. The highest BCUT2D eigenvalue weighted by molar-refractivity contribution is 14.1. The number of hydrogen-bond donors (Lipinski definition) is 1. The van der Waals surface area contributed by atoms with Crippen LogP contribution in [0.1, 0.15) is 22.8 Å². The number of ether oxygens (including phenoxy) is 1. The second-order valence-electron chi connectivity index (χ2n) is 4.18. The molecular weight excluding hydrogens is 379 g/mol. The van der Waals surface area contributed by atoms with Crippen molar-refractivity contribution >= 4 is 34.7 Å². The maximum Gasteiger partial charge on any atom is 0.271 e. The lowest BCUT2D eigenvalue weighted by molar-refractivity contribution is 0.0955.